The fourth-order valence-corrected chi connectivity index (χ4v) is 3.35. The molecule has 0 aliphatic rings. The zero-order valence-corrected chi connectivity index (χ0v) is 16.6. The van der Waals surface area contributed by atoms with E-state index in [9.17, 15) is 14.5 Å². The molecule has 0 spiro atoms. The van der Waals surface area contributed by atoms with E-state index in [2.05, 4.69) is 6.92 Å². The Morgan fingerprint density at radius 1 is 0.880 bits per heavy atom. The summed E-state index contributed by atoms with van der Waals surface area (Å²) < 4.78 is 15.5. The van der Waals surface area contributed by atoms with Gasteiger partial charge in [0.05, 0.1) is 12.3 Å². The molecule has 3 N–H and O–H groups in total. The Kier molecular flexibility index (Phi) is 15.5. The van der Waals surface area contributed by atoms with Crippen molar-refractivity contribution < 1.29 is 29.0 Å². The minimum Gasteiger partial charge on any atom is -0.463 e. The van der Waals surface area contributed by atoms with Crippen LogP contribution in [0.3, 0.4) is 0 Å². The van der Waals surface area contributed by atoms with Crippen molar-refractivity contribution in [3.63, 3.8) is 0 Å². The van der Waals surface area contributed by atoms with Crippen LogP contribution in [0.5, 0.6) is 0 Å². The molecule has 1 atom stereocenters. The number of aliphatic hydroxyl groups excluding tert-OH is 1. The Balaban J connectivity index is 3.34. The summed E-state index contributed by atoms with van der Waals surface area (Å²) in [7, 11) is -4.27. The standard InChI is InChI=1S/C18H37O6P/c1-2-3-4-5-6-7-8-9-10-11-12-13-14-18(20)24-15-17(19)16-25(21,22)23/h17,19H,2-16H2,1H3,(H2,21,22,23). The molecule has 1 unspecified atom stereocenters. The number of esters is 1. The highest BCUT2D eigenvalue weighted by molar-refractivity contribution is 7.51. The fraction of sp³-hybridized carbons (Fsp3) is 0.944. The molecule has 0 fully saturated rings. The van der Waals surface area contributed by atoms with E-state index in [-0.39, 0.29) is 6.61 Å². The van der Waals surface area contributed by atoms with Crippen LogP contribution < -0.4 is 0 Å². The van der Waals surface area contributed by atoms with Crippen LogP contribution in [-0.2, 0) is 14.1 Å². The van der Waals surface area contributed by atoms with Gasteiger partial charge >= 0.3 is 13.6 Å². The third kappa shape index (κ3) is 19.7. The van der Waals surface area contributed by atoms with Crippen LogP contribution in [0, 0.1) is 0 Å². The Labute approximate surface area is 152 Å². The van der Waals surface area contributed by atoms with Crippen LogP contribution >= 0.6 is 7.60 Å². The lowest BCUT2D eigenvalue weighted by molar-refractivity contribution is -0.146. The highest BCUT2D eigenvalue weighted by Crippen LogP contribution is 2.34. The van der Waals surface area contributed by atoms with E-state index >= 15 is 0 Å². The maximum Gasteiger partial charge on any atom is 0.328 e. The van der Waals surface area contributed by atoms with E-state index in [1.807, 2.05) is 0 Å². The normalized spacial score (nSPS) is 13.0. The summed E-state index contributed by atoms with van der Waals surface area (Å²) in [4.78, 5) is 28.8. The summed E-state index contributed by atoms with van der Waals surface area (Å²) in [6.45, 7) is 1.87. The van der Waals surface area contributed by atoms with Gasteiger partial charge in [0.1, 0.15) is 6.61 Å². The van der Waals surface area contributed by atoms with Crippen LogP contribution in [0.2, 0.25) is 0 Å². The van der Waals surface area contributed by atoms with Crippen molar-refractivity contribution >= 4 is 13.6 Å². The topological polar surface area (TPSA) is 104 Å². The molecule has 0 aliphatic carbocycles. The summed E-state index contributed by atoms with van der Waals surface area (Å²) in [5.74, 6) is -0.420. The van der Waals surface area contributed by atoms with Crippen molar-refractivity contribution in [1.82, 2.24) is 0 Å². The second-order valence-corrected chi connectivity index (χ2v) is 8.52. The smallest absolute Gasteiger partial charge is 0.328 e. The molecule has 0 heterocycles. The Morgan fingerprint density at radius 2 is 1.32 bits per heavy atom. The molecule has 0 saturated heterocycles. The Hall–Kier alpha value is -0.420. The lowest BCUT2D eigenvalue weighted by Gasteiger charge is -2.12. The van der Waals surface area contributed by atoms with Crippen LogP contribution in [-0.4, -0.2) is 39.7 Å². The predicted octanol–water partition coefficient (Wildman–Crippen LogP) is 4.16. The zero-order chi connectivity index (χ0) is 19.0. The number of rotatable bonds is 17. The van der Waals surface area contributed by atoms with Gasteiger partial charge in [-0.2, -0.15) is 0 Å². The summed E-state index contributed by atoms with van der Waals surface area (Å²) in [5, 5.41) is 9.34. The van der Waals surface area contributed by atoms with Crippen LogP contribution in [0.1, 0.15) is 90.4 Å². The predicted molar refractivity (Wildman–Crippen MR) is 99.6 cm³/mol. The zero-order valence-electron chi connectivity index (χ0n) is 15.7. The van der Waals surface area contributed by atoms with Crippen LogP contribution in [0.4, 0.5) is 0 Å². The van der Waals surface area contributed by atoms with Crippen molar-refractivity contribution in [1.29, 1.82) is 0 Å². The first-order chi connectivity index (χ1) is 11.8. The van der Waals surface area contributed by atoms with Gasteiger partial charge < -0.3 is 19.6 Å². The molecule has 150 valence electrons. The minimum absolute atomic E-state index is 0.292. The molecule has 0 saturated carbocycles. The average molecular weight is 380 g/mol. The number of carbonyl (C=O) groups is 1. The Morgan fingerprint density at radius 3 is 1.76 bits per heavy atom. The first-order valence-electron chi connectivity index (χ1n) is 9.73. The van der Waals surface area contributed by atoms with Crippen molar-refractivity contribution in [2.45, 2.75) is 96.5 Å². The first-order valence-corrected chi connectivity index (χ1v) is 11.5. The average Bonchev–Trinajstić information content (AvgIpc) is 2.52. The fourth-order valence-electron chi connectivity index (χ4n) is 2.70. The highest BCUT2D eigenvalue weighted by Gasteiger charge is 2.20. The maximum atomic E-state index is 11.5. The molecule has 0 bridgehead atoms. The lowest BCUT2D eigenvalue weighted by atomic mass is 10.0. The van der Waals surface area contributed by atoms with E-state index in [4.69, 9.17) is 14.5 Å². The van der Waals surface area contributed by atoms with Gasteiger partial charge in [-0.1, -0.05) is 77.6 Å². The molecular formula is C18H37O6P. The van der Waals surface area contributed by atoms with E-state index < -0.39 is 25.8 Å². The summed E-state index contributed by atoms with van der Waals surface area (Å²) >= 11 is 0. The Bertz CT molecular complexity index is 369. The molecule has 0 aromatic rings. The molecule has 6 nitrogen and oxygen atoms in total. The molecule has 0 radical (unpaired) electrons. The first kappa shape index (κ1) is 24.6. The largest absolute Gasteiger partial charge is 0.463 e. The van der Waals surface area contributed by atoms with E-state index in [0.29, 0.717) is 6.42 Å². The van der Waals surface area contributed by atoms with Crippen molar-refractivity contribution in [3.8, 4) is 0 Å². The number of hydrogen-bond donors (Lipinski definition) is 3. The summed E-state index contributed by atoms with van der Waals surface area (Å²) in [6.07, 6.45) is 12.9. The number of unbranched alkanes of at least 4 members (excludes halogenated alkanes) is 11. The molecule has 0 aromatic carbocycles. The quantitative estimate of drug-likeness (QED) is 0.199. The van der Waals surface area contributed by atoms with Crippen LogP contribution in [0.25, 0.3) is 0 Å². The lowest BCUT2D eigenvalue weighted by Crippen LogP contribution is -2.22. The van der Waals surface area contributed by atoms with Gasteiger partial charge in [-0.15, -0.1) is 0 Å². The van der Waals surface area contributed by atoms with Gasteiger partial charge in [0.15, 0.2) is 0 Å². The summed E-state index contributed by atoms with van der Waals surface area (Å²) in [6, 6.07) is 0. The summed E-state index contributed by atoms with van der Waals surface area (Å²) in [5.41, 5.74) is 0. The number of carbonyl (C=O) groups excluding carboxylic acids is 1. The minimum atomic E-state index is -4.27. The van der Waals surface area contributed by atoms with E-state index in [1.54, 1.807) is 0 Å². The third-order valence-corrected chi connectivity index (χ3v) is 5.02. The molecule has 25 heavy (non-hydrogen) atoms. The second kappa shape index (κ2) is 15.8. The van der Waals surface area contributed by atoms with E-state index in [1.165, 1.54) is 57.8 Å². The molecular weight excluding hydrogens is 343 g/mol. The number of hydrogen-bond acceptors (Lipinski definition) is 4. The molecule has 7 heteroatoms. The van der Waals surface area contributed by atoms with Gasteiger partial charge in [0.2, 0.25) is 0 Å². The van der Waals surface area contributed by atoms with Gasteiger partial charge in [0, 0.05) is 6.42 Å². The third-order valence-electron chi connectivity index (χ3n) is 4.12. The van der Waals surface area contributed by atoms with Crippen LogP contribution in [0.15, 0.2) is 0 Å². The van der Waals surface area contributed by atoms with Gasteiger partial charge in [-0.05, 0) is 6.42 Å². The maximum absolute atomic E-state index is 11.5. The molecule has 0 amide bonds. The number of ether oxygens (including phenoxy) is 1. The van der Waals surface area contributed by atoms with E-state index in [0.717, 1.165) is 19.3 Å². The van der Waals surface area contributed by atoms with Gasteiger partial charge in [-0.25, -0.2) is 0 Å². The monoisotopic (exact) mass is 380 g/mol. The second-order valence-electron chi connectivity index (χ2n) is 6.82. The van der Waals surface area contributed by atoms with Crippen molar-refractivity contribution in [3.05, 3.63) is 0 Å². The highest BCUT2D eigenvalue weighted by atomic mass is 31.2. The van der Waals surface area contributed by atoms with Crippen molar-refractivity contribution in [2.24, 2.45) is 0 Å². The molecule has 0 aliphatic heterocycles. The van der Waals surface area contributed by atoms with Crippen molar-refractivity contribution in [2.75, 3.05) is 12.8 Å². The van der Waals surface area contributed by atoms with Gasteiger partial charge in [-0.3, -0.25) is 9.36 Å². The molecule has 0 rings (SSSR count). The van der Waals surface area contributed by atoms with Gasteiger partial charge in [0.25, 0.3) is 0 Å². The number of aliphatic hydroxyl groups is 1. The SMILES string of the molecule is CCCCCCCCCCCCCCC(=O)OCC(O)CP(=O)(O)O. The molecule has 0 aromatic heterocycles.